The van der Waals surface area contributed by atoms with Crippen molar-refractivity contribution >= 4 is 11.6 Å². The molecule has 0 heterocycles. The predicted octanol–water partition coefficient (Wildman–Crippen LogP) is 3.17. The molecule has 0 saturated heterocycles. The minimum atomic E-state index is -0.165. The first-order valence-electron chi connectivity index (χ1n) is 4.12. The molecule has 2 atom stereocenters. The quantitative estimate of drug-likeness (QED) is 0.620. The van der Waals surface area contributed by atoms with Crippen LogP contribution in [0.25, 0.3) is 0 Å². The summed E-state index contributed by atoms with van der Waals surface area (Å²) >= 11 is 5.70. The first kappa shape index (κ1) is 8.06. The Morgan fingerprint density at radius 2 is 2.00 bits per heavy atom. The number of halogens is 2. The summed E-state index contributed by atoms with van der Waals surface area (Å²) in [5.74, 6) is 1.77. The summed E-state index contributed by atoms with van der Waals surface area (Å²) in [5.41, 5.74) is 1.22. The van der Waals surface area contributed by atoms with Crippen LogP contribution in [-0.4, -0.2) is 5.88 Å². The van der Waals surface area contributed by atoms with Crippen LogP contribution in [0.15, 0.2) is 24.3 Å². The van der Waals surface area contributed by atoms with Crippen LogP contribution in [0.4, 0.5) is 4.39 Å². The van der Waals surface area contributed by atoms with Crippen LogP contribution in [0.3, 0.4) is 0 Å². The smallest absolute Gasteiger partial charge is 0.123 e. The van der Waals surface area contributed by atoms with E-state index < -0.39 is 0 Å². The summed E-state index contributed by atoms with van der Waals surface area (Å²) < 4.78 is 12.5. The Morgan fingerprint density at radius 1 is 1.33 bits per heavy atom. The van der Waals surface area contributed by atoms with Gasteiger partial charge in [-0.1, -0.05) is 12.1 Å². The number of alkyl halides is 1. The topological polar surface area (TPSA) is 0 Å². The van der Waals surface area contributed by atoms with Crippen molar-refractivity contribution in [1.82, 2.24) is 0 Å². The van der Waals surface area contributed by atoms with E-state index in [1.165, 1.54) is 17.7 Å². The minimum absolute atomic E-state index is 0.165. The van der Waals surface area contributed by atoms with E-state index in [0.29, 0.717) is 11.8 Å². The van der Waals surface area contributed by atoms with E-state index in [2.05, 4.69) is 0 Å². The Hall–Kier alpha value is -0.560. The molecular formula is C10H10ClF. The zero-order valence-corrected chi connectivity index (χ0v) is 7.39. The van der Waals surface area contributed by atoms with Gasteiger partial charge in [-0.2, -0.15) is 0 Å². The molecule has 0 nitrogen and oxygen atoms in total. The van der Waals surface area contributed by atoms with Gasteiger partial charge < -0.3 is 0 Å². The van der Waals surface area contributed by atoms with Crippen LogP contribution in [-0.2, 0) is 0 Å². The van der Waals surface area contributed by atoms with Gasteiger partial charge in [-0.05, 0) is 36.0 Å². The lowest BCUT2D eigenvalue weighted by Gasteiger charge is -1.97. The highest BCUT2D eigenvalue weighted by molar-refractivity contribution is 6.18. The molecule has 1 aliphatic rings. The minimum Gasteiger partial charge on any atom is -0.207 e. The highest BCUT2D eigenvalue weighted by atomic mass is 35.5. The van der Waals surface area contributed by atoms with Crippen molar-refractivity contribution in [3.63, 3.8) is 0 Å². The van der Waals surface area contributed by atoms with E-state index >= 15 is 0 Å². The maximum absolute atomic E-state index is 12.5. The summed E-state index contributed by atoms with van der Waals surface area (Å²) in [5, 5.41) is 0. The van der Waals surface area contributed by atoms with Gasteiger partial charge in [0.15, 0.2) is 0 Å². The van der Waals surface area contributed by atoms with Crippen molar-refractivity contribution in [2.45, 2.75) is 12.3 Å². The molecule has 0 radical (unpaired) electrons. The number of benzene rings is 1. The number of hydrogen-bond donors (Lipinski definition) is 0. The van der Waals surface area contributed by atoms with Gasteiger partial charge in [-0.15, -0.1) is 11.6 Å². The first-order valence-corrected chi connectivity index (χ1v) is 4.66. The van der Waals surface area contributed by atoms with Gasteiger partial charge in [0, 0.05) is 5.88 Å². The van der Waals surface area contributed by atoms with Crippen molar-refractivity contribution in [2.24, 2.45) is 5.92 Å². The fourth-order valence-electron chi connectivity index (χ4n) is 1.54. The third-order valence-electron chi connectivity index (χ3n) is 2.42. The van der Waals surface area contributed by atoms with Gasteiger partial charge in [-0.25, -0.2) is 4.39 Å². The molecular weight excluding hydrogens is 175 g/mol. The molecule has 0 N–H and O–H groups in total. The lowest BCUT2D eigenvalue weighted by atomic mass is 10.1. The SMILES string of the molecule is Fc1ccc(C2CC2CCl)cc1. The van der Waals surface area contributed by atoms with E-state index in [0.717, 1.165) is 12.3 Å². The Balaban J connectivity index is 2.10. The van der Waals surface area contributed by atoms with E-state index in [1.807, 2.05) is 12.1 Å². The van der Waals surface area contributed by atoms with Crippen molar-refractivity contribution < 1.29 is 4.39 Å². The average Bonchev–Trinajstić information content (AvgIpc) is 2.85. The first-order chi connectivity index (χ1) is 5.81. The number of rotatable bonds is 2. The van der Waals surface area contributed by atoms with E-state index in [9.17, 15) is 4.39 Å². The van der Waals surface area contributed by atoms with Crippen molar-refractivity contribution in [1.29, 1.82) is 0 Å². The molecule has 1 fully saturated rings. The molecule has 0 aliphatic heterocycles. The van der Waals surface area contributed by atoms with Crippen molar-refractivity contribution in [3.8, 4) is 0 Å². The van der Waals surface area contributed by atoms with Gasteiger partial charge in [0.2, 0.25) is 0 Å². The molecule has 1 aromatic carbocycles. The summed E-state index contributed by atoms with van der Waals surface area (Å²) in [6, 6.07) is 6.73. The van der Waals surface area contributed by atoms with Crippen LogP contribution in [0.1, 0.15) is 17.9 Å². The van der Waals surface area contributed by atoms with E-state index in [4.69, 9.17) is 11.6 Å². The third-order valence-corrected chi connectivity index (χ3v) is 2.82. The highest BCUT2D eigenvalue weighted by Gasteiger charge is 2.37. The molecule has 1 saturated carbocycles. The molecule has 0 spiro atoms. The monoisotopic (exact) mass is 184 g/mol. The highest BCUT2D eigenvalue weighted by Crippen LogP contribution is 2.47. The lowest BCUT2D eigenvalue weighted by molar-refractivity contribution is 0.627. The zero-order chi connectivity index (χ0) is 8.55. The fourth-order valence-corrected chi connectivity index (χ4v) is 1.88. The average molecular weight is 185 g/mol. The van der Waals surface area contributed by atoms with Gasteiger partial charge in [0.25, 0.3) is 0 Å². The van der Waals surface area contributed by atoms with Gasteiger partial charge in [0.1, 0.15) is 5.82 Å². The van der Waals surface area contributed by atoms with Crippen LogP contribution in [0.2, 0.25) is 0 Å². The van der Waals surface area contributed by atoms with Crippen molar-refractivity contribution in [3.05, 3.63) is 35.6 Å². The number of hydrogen-bond acceptors (Lipinski definition) is 0. The van der Waals surface area contributed by atoms with E-state index in [-0.39, 0.29) is 5.82 Å². The summed E-state index contributed by atoms with van der Waals surface area (Å²) in [4.78, 5) is 0. The Morgan fingerprint density at radius 3 is 2.50 bits per heavy atom. The van der Waals surface area contributed by atoms with Crippen LogP contribution in [0, 0.1) is 11.7 Å². The normalized spacial score (nSPS) is 27.2. The molecule has 2 unspecified atom stereocenters. The van der Waals surface area contributed by atoms with Crippen LogP contribution >= 0.6 is 11.6 Å². The standard InChI is InChI=1S/C10H10ClF/c11-6-8-5-10(8)7-1-3-9(12)4-2-7/h1-4,8,10H,5-6H2. The largest absolute Gasteiger partial charge is 0.207 e. The molecule has 64 valence electrons. The Bertz CT molecular complexity index is 268. The second kappa shape index (κ2) is 3.06. The maximum atomic E-state index is 12.5. The fraction of sp³-hybridized carbons (Fsp3) is 0.400. The molecule has 0 amide bonds. The second-order valence-electron chi connectivity index (χ2n) is 3.31. The summed E-state index contributed by atoms with van der Waals surface area (Å²) in [6.45, 7) is 0. The molecule has 12 heavy (non-hydrogen) atoms. The predicted molar refractivity (Wildman–Crippen MR) is 48.0 cm³/mol. The van der Waals surface area contributed by atoms with Crippen LogP contribution in [0.5, 0.6) is 0 Å². The van der Waals surface area contributed by atoms with Crippen LogP contribution < -0.4 is 0 Å². The maximum Gasteiger partial charge on any atom is 0.123 e. The molecule has 1 aromatic rings. The molecule has 1 aliphatic carbocycles. The van der Waals surface area contributed by atoms with Gasteiger partial charge >= 0.3 is 0 Å². The van der Waals surface area contributed by atoms with E-state index in [1.54, 1.807) is 0 Å². The Labute approximate surface area is 76.4 Å². The molecule has 0 aromatic heterocycles. The van der Waals surface area contributed by atoms with Crippen molar-refractivity contribution in [2.75, 3.05) is 5.88 Å². The summed E-state index contributed by atoms with van der Waals surface area (Å²) in [6.07, 6.45) is 1.16. The lowest BCUT2D eigenvalue weighted by Crippen LogP contribution is -1.84. The third kappa shape index (κ3) is 1.46. The Kier molecular flexibility index (Phi) is 2.05. The second-order valence-corrected chi connectivity index (χ2v) is 3.62. The van der Waals surface area contributed by atoms with Gasteiger partial charge in [0.05, 0.1) is 0 Å². The molecule has 2 heteroatoms. The molecule has 0 bridgehead atoms. The van der Waals surface area contributed by atoms with Gasteiger partial charge in [-0.3, -0.25) is 0 Å². The zero-order valence-electron chi connectivity index (χ0n) is 6.63. The summed E-state index contributed by atoms with van der Waals surface area (Å²) in [7, 11) is 0. The molecule has 2 rings (SSSR count).